The second-order valence-electron chi connectivity index (χ2n) is 9.79. The van der Waals surface area contributed by atoms with Gasteiger partial charge in [0.05, 0.1) is 0 Å². The molecule has 0 N–H and O–H groups in total. The van der Waals surface area contributed by atoms with E-state index in [-0.39, 0.29) is 34.2 Å². The minimum absolute atomic E-state index is 0.0279. The van der Waals surface area contributed by atoms with Crippen molar-refractivity contribution in [2.45, 2.75) is 66.2 Å². The van der Waals surface area contributed by atoms with Gasteiger partial charge in [0.2, 0.25) is 0 Å². The smallest absolute Gasteiger partial charge is 0.155 e. The number of ketones is 3. The zero-order valence-corrected chi connectivity index (χ0v) is 15.9. The van der Waals surface area contributed by atoms with Crippen LogP contribution >= 0.6 is 0 Å². The van der Waals surface area contributed by atoms with Crippen LogP contribution in [-0.2, 0) is 14.4 Å². The highest BCUT2D eigenvalue weighted by Gasteiger charge is 2.64. The van der Waals surface area contributed by atoms with Gasteiger partial charge < -0.3 is 0 Å². The minimum atomic E-state index is -0.161. The molecule has 0 unspecified atom stereocenters. The first-order valence-electron chi connectivity index (χ1n) is 9.95. The highest BCUT2D eigenvalue weighted by atomic mass is 16.1. The first-order chi connectivity index (χ1) is 11.7. The Labute approximate surface area is 150 Å². The fraction of sp³-hybridized carbons (Fsp3) is 0.773. The van der Waals surface area contributed by atoms with Crippen molar-refractivity contribution in [3.63, 3.8) is 0 Å². The molecule has 0 radical (unpaired) electrons. The lowest BCUT2D eigenvalue weighted by Crippen LogP contribution is -2.55. The van der Waals surface area contributed by atoms with E-state index in [1.54, 1.807) is 6.92 Å². The van der Waals surface area contributed by atoms with Crippen molar-refractivity contribution in [2.24, 2.45) is 40.4 Å². The molecule has 0 saturated heterocycles. The highest BCUT2D eigenvalue weighted by Crippen LogP contribution is 2.66. The normalized spacial score (nSPS) is 49.1. The molecule has 0 aromatic heterocycles. The van der Waals surface area contributed by atoms with E-state index in [1.807, 2.05) is 6.08 Å². The van der Waals surface area contributed by atoms with Crippen LogP contribution in [0.2, 0.25) is 0 Å². The fourth-order valence-corrected chi connectivity index (χ4v) is 7.62. The number of hydrogen-bond acceptors (Lipinski definition) is 3. The van der Waals surface area contributed by atoms with Crippen LogP contribution in [0.5, 0.6) is 0 Å². The summed E-state index contributed by atoms with van der Waals surface area (Å²) in [5, 5.41) is 0. The molecule has 7 atom stereocenters. The second kappa shape index (κ2) is 5.37. The van der Waals surface area contributed by atoms with Gasteiger partial charge in [-0.05, 0) is 67.3 Å². The van der Waals surface area contributed by atoms with Gasteiger partial charge in [0.1, 0.15) is 11.6 Å². The van der Waals surface area contributed by atoms with E-state index in [1.165, 1.54) is 5.57 Å². The summed E-state index contributed by atoms with van der Waals surface area (Å²) < 4.78 is 0. The zero-order valence-electron chi connectivity index (χ0n) is 15.9. The Balaban J connectivity index is 1.76. The molecule has 25 heavy (non-hydrogen) atoms. The molecule has 136 valence electrons. The van der Waals surface area contributed by atoms with Crippen molar-refractivity contribution >= 4 is 17.3 Å². The van der Waals surface area contributed by atoms with Gasteiger partial charge in [-0.2, -0.15) is 0 Å². The van der Waals surface area contributed by atoms with E-state index in [2.05, 4.69) is 20.8 Å². The van der Waals surface area contributed by atoms with E-state index >= 15 is 0 Å². The third kappa shape index (κ3) is 2.20. The number of hydrogen-bond donors (Lipinski definition) is 0. The van der Waals surface area contributed by atoms with Crippen LogP contribution in [0.3, 0.4) is 0 Å². The molecule has 4 rings (SSSR count). The Hall–Kier alpha value is -1.25. The molecular weight excluding hydrogens is 312 g/mol. The van der Waals surface area contributed by atoms with Crippen molar-refractivity contribution in [1.82, 2.24) is 0 Å². The van der Waals surface area contributed by atoms with E-state index in [9.17, 15) is 14.4 Å². The monoisotopic (exact) mass is 342 g/mol. The van der Waals surface area contributed by atoms with Crippen LogP contribution in [0.1, 0.15) is 66.2 Å². The third-order valence-corrected chi connectivity index (χ3v) is 8.43. The number of carbonyl (C=O) groups is 3. The van der Waals surface area contributed by atoms with Crippen LogP contribution in [0.15, 0.2) is 11.6 Å². The van der Waals surface area contributed by atoms with Gasteiger partial charge in [-0.1, -0.05) is 26.3 Å². The lowest BCUT2D eigenvalue weighted by molar-refractivity contribution is -0.148. The molecule has 0 aromatic rings. The van der Waals surface area contributed by atoms with Gasteiger partial charge in [-0.25, -0.2) is 0 Å². The highest BCUT2D eigenvalue weighted by molar-refractivity contribution is 5.93. The van der Waals surface area contributed by atoms with Crippen molar-refractivity contribution in [1.29, 1.82) is 0 Å². The summed E-state index contributed by atoms with van der Waals surface area (Å²) in [4.78, 5) is 37.6. The standard InChI is InChI=1S/C22H30O3/c1-12-9-17-16-6-5-14-10-15(24)7-8-21(14,3)20(16)18(25)11-22(17,4)19(12)13(2)23/h10,12,16-17,19-20H,5-9,11H2,1-4H3/t12-,16+,17-,19+,20+,21+,22+/m1/s1. The molecule has 0 spiro atoms. The Morgan fingerprint density at radius 3 is 2.60 bits per heavy atom. The maximum atomic E-state index is 13.4. The molecule has 0 amide bonds. The number of Topliss-reactive ketones (excluding diaryl/α,β-unsaturated/α-hetero) is 2. The fourth-order valence-electron chi connectivity index (χ4n) is 7.62. The van der Waals surface area contributed by atoms with E-state index in [4.69, 9.17) is 0 Å². The van der Waals surface area contributed by atoms with Gasteiger partial charge in [0.15, 0.2) is 5.78 Å². The molecule has 3 nitrogen and oxygen atoms in total. The summed E-state index contributed by atoms with van der Waals surface area (Å²) in [5.74, 6) is 2.14. The summed E-state index contributed by atoms with van der Waals surface area (Å²) in [7, 11) is 0. The molecule has 3 heteroatoms. The predicted octanol–water partition coefficient (Wildman–Crippen LogP) is 4.15. The Morgan fingerprint density at radius 2 is 1.92 bits per heavy atom. The Kier molecular flexibility index (Phi) is 3.69. The van der Waals surface area contributed by atoms with Gasteiger partial charge in [0, 0.05) is 24.7 Å². The molecule has 0 aromatic carbocycles. The van der Waals surface area contributed by atoms with Crippen LogP contribution in [0.4, 0.5) is 0 Å². The Bertz CT molecular complexity index is 689. The molecule has 4 aliphatic rings. The predicted molar refractivity (Wildman–Crippen MR) is 95.8 cm³/mol. The molecule has 3 fully saturated rings. The van der Waals surface area contributed by atoms with E-state index < -0.39 is 0 Å². The van der Waals surface area contributed by atoms with Crippen molar-refractivity contribution < 1.29 is 14.4 Å². The summed E-state index contributed by atoms with van der Waals surface area (Å²) in [6.07, 6.45) is 6.81. The summed E-state index contributed by atoms with van der Waals surface area (Å²) >= 11 is 0. The van der Waals surface area contributed by atoms with E-state index in [0.717, 1.165) is 25.7 Å². The first-order valence-corrected chi connectivity index (χ1v) is 9.95. The third-order valence-electron chi connectivity index (χ3n) is 8.43. The summed E-state index contributed by atoms with van der Waals surface area (Å²) in [6, 6.07) is 0. The number of rotatable bonds is 1. The molecule has 3 saturated carbocycles. The van der Waals surface area contributed by atoms with Gasteiger partial charge in [-0.3, -0.25) is 14.4 Å². The van der Waals surface area contributed by atoms with Gasteiger partial charge in [-0.15, -0.1) is 0 Å². The quantitative estimate of drug-likeness (QED) is 0.719. The molecule has 0 bridgehead atoms. The van der Waals surface area contributed by atoms with Gasteiger partial charge >= 0.3 is 0 Å². The Morgan fingerprint density at radius 1 is 1.20 bits per heavy atom. The van der Waals surface area contributed by atoms with Crippen LogP contribution in [0.25, 0.3) is 0 Å². The van der Waals surface area contributed by atoms with Crippen LogP contribution in [0, 0.1) is 40.4 Å². The largest absolute Gasteiger partial charge is 0.300 e. The molecule has 0 heterocycles. The maximum Gasteiger partial charge on any atom is 0.155 e. The maximum absolute atomic E-state index is 13.4. The van der Waals surface area contributed by atoms with Crippen molar-refractivity contribution in [3.05, 3.63) is 11.6 Å². The molecule has 0 aliphatic heterocycles. The topological polar surface area (TPSA) is 51.2 Å². The zero-order chi connectivity index (χ0) is 18.1. The lowest BCUT2D eigenvalue weighted by Gasteiger charge is -2.56. The summed E-state index contributed by atoms with van der Waals surface area (Å²) in [6.45, 7) is 8.34. The average Bonchev–Trinajstić information content (AvgIpc) is 2.77. The summed E-state index contributed by atoms with van der Waals surface area (Å²) in [5.41, 5.74) is 0.925. The van der Waals surface area contributed by atoms with Crippen LogP contribution in [-0.4, -0.2) is 17.3 Å². The molecule has 4 aliphatic carbocycles. The molecular formula is C22H30O3. The van der Waals surface area contributed by atoms with Crippen molar-refractivity contribution in [2.75, 3.05) is 0 Å². The SMILES string of the molecule is CC(=O)[C@@H]1[C@H](C)C[C@@H]2[C@@H]3CCC4=CC(=O)CC[C@]4(C)[C@@H]3C(=O)C[C@@]21C. The number of carbonyl (C=O) groups excluding carboxylic acids is 3. The first kappa shape index (κ1) is 17.2. The average molecular weight is 342 g/mol. The van der Waals surface area contributed by atoms with Crippen molar-refractivity contribution in [3.8, 4) is 0 Å². The number of fused-ring (bicyclic) bond motifs is 5. The van der Waals surface area contributed by atoms with Gasteiger partial charge in [0.25, 0.3) is 0 Å². The minimum Gasteiger partial charge on any atom is -0.300 e. The van der Waals surface area contributed by atoms with E-state index in [0.29, 0.717) is 36.4 Å². The lowest BCUT2D eigenvalue weighted by atomic mass is 9.46. The van der Waals surface area contributed by atoms with Crippen LogP contribution < -0.4 is 0 Å². The second-order valence-corrected chi connectivity index (χ2v) is 9.79. The number of allylic oxidation sites excluding steroid dienone is 1.